The van der Waals surface area contributed by atoms with Gasteiger partial charge < -0.3 is 10.0 Å². The highest BCUT2D eigenvalue weighted by Crippen LogP contribution is 2.61. The highest BCUT2D eigenvalue weighted by atomic mass is 79.9. The Labute approximate surface area is 269 Å². The number of hydrogen-bond acceptors (Lipinski definition) is 6. The molecule has 0 spiro atoms. The first kappa shape index (κ1) is 29.8. The van der Waals surface area contributed by atoms with E-state index in [1.54, 1.807) is 23.2 Å². The van der Waals surface area contributed by atoms with Gasteiger partial charge in [-0.05, 0) is 121 Å². The van der Waals surface area contributed by atoms with Gasteiger partial charge in [0.05, 0.1) is 28.1 Å². The minimum Gasteiger partial charge on any atom is -0.493 e. The van der Waals surface area contributed by atoms with Gasteiger partial charge in [-0.2, -0.15) is 0 Å². The van der Waals surface area contributed by atoms with E-state index >= 15 is 0 Å². The Morgan fingerprint density at radius 2 is 1.58 bits per heavy atom. The SMILES string of the molecule is CCN(CC)c1cc2c(cc1N=Cc1c(O)n(-c3ccc(C45CC6CC(CC(C6)C4)C5)cc3Br)c(=O)[nH]c1=O)n(C)c(=O)n2C. The topological polar surface area (TPSA) is 118 Å². The van der Waals surface area contributed by atoms with E-state index in [9.17, 15) is 19.5 Å². The number of nitrogens with one attached hydrogen (secondary N) is 1. The van der Waals surface area contributed by atoms with Crippen LogP contribution in [-0.2, 0) is 19.5 Å². The summed E-state index contributed by atoms with van der Waals surface area (Å²) in [5.41, 5.74) is 2.92. The van der Waals surface area contributed by atoms with Crippen molar-refractivity contribution < 1.29 is 5.11 Å². The van der Waals surface area contributed by atoms with E-state index in [2.05, 4.69) is 42.9 Å². The Balaban J connectivity index is 1.30. The Bertz CT molecular complexity index is 2010. The third-order valence-electron chi connectivity index (χ3n) is 10.8. The molecule has 2 heterocycles. The van der Waals surface area contributed by atoms with E-state index in [1.807, 2.05) is 32.0 Å². The van der Waals surface area contributed by atoms with Gasteiger partial charge in [-0.1, -0.05) is 6.07 Å². The molecule has 4 fully saturated rings. The maximum absolute atomic E-state index is 13.1. The average molecular weight is 676 g/mol. The standard InChI is InChI=1S/C34H39BrN6O4/c1-5-40(6-2)27-14-29-28(38(3)33(45)39(29)4)13-25(27)36-18-23-30(42)37-32(44)41(31(23)43)26-8-7-22(12-24(26)35)34-15-19-9-20(16-34)11-21(10-19)17-34/h7-8,12-14,18-21,43H,5-6,9-11,15-17H2,1-4H3,(H,37,42,44). The van der Waals surface area contributed by atoms with Gasteiger partial charge in [0, 0.05) is 37.9 Å². The molecular formula is C34H39BrN6O4. The predicted molar refractivity (Wildman–Crippen MR) is 181 cm³/mol. The summed E-state index contributed by atoms with van der Waals surface area (Å²) in [5.74, 6) is 1.92. The van der Waals surface area contributed by atoms with Crippen molar-refractivity contribution >= 4 is 44.6 Å². The van der Waals surface area contributed by atoms with Crippen LogP contribution in [0.5, 0.6) is 5.88 Å². The minimum atomic E-state index is -0.739. The highest BCUT2D eigenvalue weighted by Gasteiger charge is 2.51. The first-order chi connectivity index (χ1) is 21.5. The predicted octanol–water partition coefficient (Wildman–Crippen LogP) is 5.25. The number of benzene rings is 2. The van der Waals surface area contributed by atoms with Crippen molar-refractivity contribution in [3.63, 3.8) is 0 Å². The first-order valence-electron chi connectivity index (χ1n) is 15.9. The first-order valence-corrected chi connectivity index (χ1v) is 16.7. The van der Waals surface area contributed by atoms with Gasteiger partial charge in [0.1, 0.15) is 5.56 Å². The number of aliphatic imine (C=N–C) groups is 1. The van der Waals surface area contributed by atoms with Crippen molar-refractivity contribution in [3.8, 4) is 11.6 Å². The minimum absolute atomic E-state index is 0.140. The van der Waals surface area contributed by atoms with E-state index in [4.69, 9.17) is 0 Å². The second-order valence-corrected chi connectivity index (χ2v) is 14.2. The van der Waals surface area contributed by atoms with Crippen LogP contribution < -0.4 is 21.8 Å². The van der Waals surface area contributed by atoms with Gasteiger partial charge in [0.2, 0.25) is 5.88 Å². The van der Waals surface area contributed by atoms with E-state index < -0.39 is 17.1 Å². The summed E-state index contributed by atoms with van der Waals surface area (Å²) in [5, 5.41) is 11.4. The number of imidazole rings is 1. The maximum Gasteiger partial charge on any atom is 0.335 e. The number of nitrogens with zero attached hydrogens (tertiary/aromatic N) is 5. The second kappa shape index (κ2) is 10.9. The van der Waals surface area contributed by atoms with Gasteiger partial charge >= 0.3 is 11.4 Å². The largest absolute Gasteiger partial charge is 0.493 e. The van der Waals surface area contributed by atoms with Gasteiger partial charge in [0.15, 0.2) is 0 Å². The van der Waals surface area contributed by atoms with Gasteiger partial charge in [0.25, 0.3) is 5.56 Å². The van der Waals surface area contributed by atoms with Crippen LogP contribution in [0.3, 0.4) is 0 Å². The zero-order valence-corrected chi connectivity index (χ0v) is 27.7. The van der Waals surface area contributed by atoms with Gasteiger partial charge in [-0.25, -0.2) is 14.2 Å². The molecular weight excluding hydrogens is 636 g/mol. The van der Waals surface area contributed by atoms with E-state index in [0.717, 1.165) is 33.5 Å². The summed E-state index contributed by atoms with van der Waals surface area (Å²) < 4.78 is 4.94. The Morgan fingerprint density at radius 1 is 0.978 bits per heavy atom. The fourth-order valence-electron chi connectivity index (χ4n) is 8.94. The summed E-state index contributed by atoms with van der Waals surface area (Å²) in [6.45, 7) is 5.47. The van der Waals surface area contributed by atoms with Crippen LogP contribution in [0.1, 0.15) is 63.5 Å². The van der Waals surface area contributed by atoms with Crippen molar-refractivity contribution in [2.45, 2.75) is 57.8 Å². The molecule has 4 saturated carbocycles. The zero-order chi connectivity index (χ0) is 31.8. The number of fused-ring (bicyclic) bond motifs is 1. The molecule has 2 aromatic carbocycles. The molecule has 0 amide bonds. The van der Waals surface area contributed by atoms with Crippen LogP contribution in [0, 0.1) is 17.8 Å². The molecule has 8 rings (SSSR count). The molecule has 4 aliphatic rings. The molecule has 0 atom stereocenters. The molecule has 11 heteroatoms. The smallest absolute Gasteiger partial charge is 0.335 e. The summed E-state index contributed by atoms with van der Waals surface area (Å²) in [7, 11) is 3.43. The van der Waals surface area contributed by atoms with Crippen LogP contribution in [0.25, 0.3) is 16.7 Å². The number of H-pyrrole nitrogens is 1. The van der Waals surface area contributed by atoms with Crippen molar-refractivity contribution in [1.82, 2.24) is 18.7 Å². The van der Waals surface area contributed by atoms with Crippen LogP contribution in [-0.4, -0.2) is 43.1 Å². The van der Waals surface area contributed by atoms with Crippen molar-refractivity contribution in [2.75, 3.05) is 18.0 Å². The molecule has 236 valence electrons. The maximum atomic E-state index is 13.1. The Hall–Kier alpha value is -3.86. The van der Waals surface area contributed by atoms with E-state index in [0.29, 0.717) is 34.5 Å². The third kappa shape index (κ3) is 4.73. The lowest BCUT2D eigenvalue weighted by molar-refractivity contribution is -0.00521. The quantitative estimate of drug-likeness (QED) is 0.260. The third-order valence-corrected chi connectivity index (χ3v) is 11.4. The van der Waals surface area contributed by atoms with Crippen LogP contribution in [0.4, 0.5) is 11.4 Å². The van der Waals surface area contributed by atoms with Gasteiger partial charge in [-0.3, -0.25) is 23.9 Å². The molecule has 0 saturated heterocycles. The normalized spacial score (nSPS) is 23.9. The molecule has 4 aromatic rings. The van der Waals surface area contributed by atoms with Crippen molar-refractivity contribution in [3.05, 3.63) is 77.3 Å². The van der Waals surface area contributed by atoms with Crippen LogP contribution in [0.2, 0.25) is 0 Å². The lowest BCUT2D eigenvalue weighted by Gasteiger charge is -2.57. The average Bonchev–Trinajstić information content (AvgIpc) is 3.20. The number of aromatic nitrogens is 4. The molecule has 0 unspecified atom stereocenters. The molecule has 2 N–H and O–H groups in total. The summed E-state index contributed by atoms with van der Waals surface area (Å²) in [6.07, 6.45) is 9.01. The lowest BCUT2D eigenvalue weighted by atomic mass is 9.48. The second-order valence-electron chi connectivity index (χ2n) is 13.4. The number of hydrogen-bond donors (Lipinski definition) is 2. The highest BCUT2D eigenvalue weighted by molar-refractivity contribution is 9.10. The number of aromatic amines is 1. The van der Waals surface area contributed by atoms with Crippen LogP contribution in [0.15, 0.2) is 54.2 Å². The number of halogens is 1. The number of anilines is 1. The molecule has 45 heavy (non-hydrogen) atoms. The zero-order valence-electron chi connectivity index (χ0n) is 26.1. The summed E-state index contributed by atoms with van der Waals surface area (Å²) in [4.78, 5) is 47.9. The molecule has 2 aromatic heterocycles. The lowest BCUT2D eigenvalue weighted by Crippen LogP contribution is -2.48. The van der Waals surface area contributed by atoms with E-state index in [1.165, 1.54) is 50.3 Å². The van der Waals surface area contributed by atoms with Crippen molar-refractivity contribution in [2.24, 2.45) is 36.8 Å². The fourth-order valence-corrected chi connectivity index (χ4v) is 9.50. The summed E-state index contributed by atoms with van der Waals surface area (Å²) >= 11 is 3.70. The molecule has 0 radical (unpaired) electrons. The number of aryl methyl sites for hydroxylation is 2. The molecule has 10 nitrogen and oxygen atoms in total. The monoisotopic (exact) mass is 674 g/mol. The molecule has 0 aliphatic heterocycles. The van der Waals surface area contributed by atoms with Crippen LogP contribution >= 0.6 is 15.9 Å². The Kier molecular flexibility index (Phi) is 7.22. The fraction of sp³-hybridized carbons (Fsp3) is 0.471. The molecule has 4 aliphatic carbocycles. The van der Waals surface area contributed by atoms with Crippen molar-refractivity contribution in [1.29, 1.82) is 0 Å². The Morgan fingerprint density at radius 3 is 2.16 bits per heavy atom. The summed E-state index contributed by atoms with van der Waals surface area (Å²) in [6, 6.07) is 9.78. The van der Waals surface area contributed by atoms with E-state index in [-0.39, 0.29) is 16.7 Å². The molecule has 4 bridgehead atoms. The number of rotatable bonds is 7. The number of aromatic hydroxyl groups is 1. The van der Waals surface area contributed by atoms with Gasteiger partial charge in [-0.15, -0.1) is 0 Å².